The molecule has 2 aromatic heterocycles. The van der Waals surface area contributed by atoms with E-state index in [0.717, 1.165) is 11.1 Å². The maximum Gasteiger partial charge on any atom is 0.328 e. The van der Waals surface area contributed by atoms with Crippen LogP contribution < -0.4 is 10.5 Å². The lowest BCUT2D eigenvalue weighted by molar-refractivity contribution is 0.435. The number of ether oxygens (including phenoxy) is 1. The van der Waals surface area contributed by atoms with E-state index in [-0.39, 0.29) is 17.9 Å². The zero-order valence-electron chi connectivity index (χ0n) is 11.6. The monoisotopic (exact) mass is 283 g/mol. The molecular weight excluding hydrogens is 270 g/mol. The third kappa shape index (κ3) is 2.78. The van der Waals surface area contributed by atoms with Gasteiger partial charge in [0.25, 0.3) is 5.95 Å². The first-order valence-electron chi connectivity index (χ1n) is 6.23. The summed E-state index contributed by atoms with van der Waals surface area (Å²) < 4.78 is 7.06. The van der Waals surface area contributed by atoms with Crippen LogP contribution in [-0.2, 0) is 0 Å². The fourth-order valence-electron chi connectivity index (χ4n) is 1.83. The Kier molecular flexibility index (Phi) is 3.19. The van der Waals surface area contributed by atoms with Gasteiger partial charge in [-0.1, -0.05) is 17.7 Å². The summed E-state index contributed by atoms with van der Waals surface area (Å²) in [6.45, 7) is 3.96. The third-order valence-corrected chi connectivity index (χ3v) is 2.78. The Morgan fingerprint density at radius 3 is 2.71 bits per heavy atom. The van der Waals surface area contributed by atoms with Crippen LogP contribution in [-0.4, -0.2) is 29.7 Å². The molecule has 0 aliphatic rings. The molecule has 0 aliphatic heterocycles. The number of hydrogen-bond donors (Lipinski definition) is 1. The predicted molar refractivity (Wildman–Crippen MR) is 75.1 cm³/mol. The van der Waals surface area contributed by atoms with Crippen LogP contribution in [0.25, 0.3) is 5.95 Å². The highest BCUT2D eigenvalue weighted by molar-refractivity contribution is 5.37. The molecule has 1 aromatic carbocycles. The summed E-state index contributed by atoms with van der Waals surface area (Å²) in [5.41, 5.74) is 7.81. The molecule has 0 bridgehead atoms. The zero-order chi connectivity index (χ0) is 14.8. The van der Waals surface area contributed by atoms with Crippen molar-refractivity contribution >= 4 is 5.95 Å². The Labute approximate surface area is 120 Å². The van der Waals surface area contributed by atoms with Crippen molar-refractivity contribution in [2.75, 3.05) is 5.73 Å². The van der Waals surface area contributed by atoms with Gasteiger partial charge in [-0.05, 0) is 25.5 Å². The molecule has 0 aliphatic carbocycles. The average Bonchev–Trinajstić information content (AvgIpc) is 2.95. The lowest BCUT2D eigenvalue weighted by atomic mass is 10.1. The highest BCUT2D eigenvalue weighted by atomic mass is 16.5. The Bertz CT molecular complexity index is 770. The van der Waals surface area contributed by atoms with Gasteiger partial charge in [-0.2, -0.15) is 24.7 Å². The van der Waals surface area contributed by atoms with Crippen LogP contribution in [0.4, 0.5) is 5.95 Å². The molecule has 0 spiro atoms. The molecule has 0 saturated carbocycles. The van der Waals surface area contributed by atoms with Gasteiger partial charge in [0.05, 0.1) is 0 Å². The number of aromatic nitrogens is 6. The Hall–Kier alpha value is -3.03. The summed E-state index contributed by atoms with van der Waals surface area (Å²) in [6, 6.07) is 5.93. The zero-order valence-corrected chi connectivity index (χ0v) is 11.6. The van der Waals surface area contributed by atoms with Crippen molar-refractivity contribution in [3.05, 3.63) is 42.0 Å². The fourth-order valence-corrected chi connectivity index (χ4v) is 1.83. The first-order valence-corrected chi connectivity index (χ1v) is 6.23. The van der Waals surface area contributed by atoms with Crippen molar-refractivity contribution < 1.29 is 4.74 Å². The fraction of sp³-hybridized carbons (Fsp3) is 0.154. The molecule has 2 N–H and O–H groups in total. The standard InChI is InChI=1S/C13H13N7O/c1-8-3-4-10(9(2)5-8)21-13-18-11(14)17-12(19-13)20-7-15-6-16-20/h3-7H,1-2H3,(H2,14,17,18,19). The Balaban J connectivity index is 1.95. The van der Waals surface area contributed by atoms with Crippen molar-refractivity contribution in [2.45, 2.75) is 13.8 Å². The van der Waals surface area contributed by atoms with Crippen LogP contribution in [0.2, 0.25) is 0 Å². The molecule has 3 aromatic rings. The molecule has 0 fully saturated rings. The molecule has 8 heteroatoms. The molecule has 8 nitrogen and oxygen atoms in total. The average molecular weight is 283 g/mol. The topological polar surface area (TPSA) is 105 Å². The van der Waals surface area contributed by atoms with E-state index in [4.69, 9.17) is 10.5 Å². The second kappa shape index (κ2) is 5.16. The number of nitrogen functional groups attached to an aromatic ring is 1. The minimum atomic E-state index is 0.0512. The summed E-state index contributed by atoms with van der Waals surface area (Å²) in [4.78, 5) is 16.0. The van der Waals surface area contributed by atoms with E-state index in [2.05, 4.69) is 25.0 Å². The van der Waals surface area contributed by atoms with Crippen molar-refractivity contribution in [3.8, 4) is 17.7 Å². The maximum absolute atomic E-state index is 5.68. The van der Waals surface area contributed by atoms with Crippen molar-refractivity contribution in [1.29, 1.82) is 0 Å². The van der Waals surface area contributed by atoms with Gasteiger partial charge in [0, 0.05) is 0 Å². The summed E-state index contributed by atoms with van der Waals surface area (Å²) in [5.74, 6) is 0.964. The molecular formula is C13H13N7O. The summed E-state index contributed by atoms with van der Waals surface area (Å²) >= 11 is 0. The van der Waals surface area contributed by atoms with Gasteiger partial charge >= 0.3 is 6.01 Å². The van der Waals surface area contributed by atoms with Gasteiger partial charge in [0.1, 0.15) is 18.4 Å². The predicted octanol–water partition coefficient (Wildman–Crippen LogP) is 1.44. The molecule has 0 radical (unpaired) electrons. The lowest BCUT2D eigenvalue weighted by Crippen LogP contribution is -2.08. The summed E-state index contributed by atoms with van der Waals surface area (Å²) in [7, 11) is 0. The highest BCUT2D eigenvalue weighted by Crippen LogP contribution is 2.23. The lowest BCUT2D eigenvalue weighted by Gasteiger charge is -2.08. The quantitative estimate of drug-likeness (QED) is 0.775. The van der Waals surface area contributed by atoms with E-state index >= 15 is 0 Å². The molecule has 2 heterocycles. The molecule has 106 valence electrons. The number of benzene rings is 1. The molecule has 0 atom stereocenters. The second-order valence-corrected chi connectivity index (χ2v) is 4.49. The first-order chi connectivity index (χ1) is 10.1. The van der Waals surface area contributed by atoms with Gasteiger partial charge in [0.2, 0.25) is 5.95 Å². The van der Waals surface area contributed by atoms with Crippen LogP contribution in [0.3, 0.4) is 0 Å². The first kappa shape index (κ1) is 13.0. The Morgan fingerprint density at radius 2 is 2.00 bits per heavy atom. The number of nitrogens with two attached hydrogens (primary N) is 1. The van der Waals surface area contributed by atoms with Gasteiger partial charge in [0.15, 0.2) is 0 Å². The van der Waals surface area contributed by atoms with Crippen molar-refractivity contribution in [3.63, 3.8) is 0 Å². The van der Waals surface area contributed by atoms with Crippen LogP contribution in [0, 0.1) is 13.8 Å². The van der Waals surface area contributed by atoms with Crippen LogP contribution >= 0.6 is 0 Å². The summed E-state index contributed by atoms with van der Waals surface area (Å²) in [5, 5.41) is 3.95. The normalized spacial score (nSPS) is 10.6. The maximum atomic E-state index is 5.68. The van der Waals surface area contributed by atoms with E-state index in [0.29, 0.717) is 5.75 Å². The largest absolute Gasteiger partial charge is 0.424 e. The smallest absolute Gasteiger partial charge is 0.328 e. The molecule has 0 unspecified atom stereocenters. The molecule has 0 amide bonds. The van der Waals surface area contributed by atoms with E-state index < -0.39 is 0 Å². The van der Waals surface area contributed by atoms with Gasteiger partial charge in [-0.3, -0.25) is 0 Å². The van der Waals surface area contributed by atoms with Crippen molar-refractivity contribution in [2.24, 2.45) is 0 Å². The van der Waals surface area contributed by atoms with Crippen molar-refractivity contribution in [1.82, 2.24) is 29.7 Å². The number of nitrogens with zero attached hydrogens (tertiary/aromatic N) is 6. The van der Waals surface area contributed by atoms with Crippen LogP contribution in [0.1, 0.15) is 11.1 Å². The van der Waals surface area contributed by atoms with Crippen LogP contribution in [0.15, 0.2) is 30.9 Å². The Morgan fingerprint density at radius 1 is 1.14 bits per heavy atom. The number of hydrogen-bond acceptors (Lipinski definition) is 7. The highest BCUT2D eigenvalue weighted by Gasteiger charge is 2.10. The summed E-state index contributed by atoms with van der Waals surface area (Å²) in [6.07, 6.45) is 2.85. The SMILES string of the molecule is Cc1ccc(Oc2nc(N)nc(-n3cncn3)n2)c(C)c1. The third-order valence-electron chi connectivity index (χ3n) is 2.78. The second-order valence-electron chi connectivity index (χ2n) is 4.49. The minimum absolute atomic E-state index is 0.0512. The van der Waals surface area contributed by atoms with Gasteiger partial charge in [-0.25, -0.2) is 4.98 Å². The van der Waals surface area contributed by atoms with Crippen LogP contribution in [0.5, 0.6) is 11.8 Å². The molecule has 21 heavy (non-hydrogen) atoms. The van der Waals surface area contributed by atoms with Gasteiger partial charge < -0.3 is 10.5 Å². The minimum Gasteiger partial charge on any atom is -0.424 e. The number of aryl methyl sites for hydroxylation is 2. The van der Waals surface area contributed by atoms with Gasteiger partial charge in [-0.15, -0.1) is 0 Å². The molecule has 0 saturated heterocycles. The van der Waals surface area contributed by atoms with E-state index in [1.807, 2.05) is 32.0 Å². The van der Waals surface area contributed by atoms with E-state index in [9.17, 15) is 0 Å². The number of anilines is 1. The number of rotatable bonds is 3. The van der Waals surface area contributed by atoms with E-state index in [1.165, 1.54) is 17.3 Å². The molecule has 3 rings (SSSR count). The van der Waals surface area contributed by atoms with E-state index in [1.54, 1.807) is 0 Å².